The maximum atomic E-state index is 14.2. The number of hydrogen-bond acceptors (Lipinski definition) is 6. The molecule has 52 heavy (non-hydrogen) atoms. The molecule has 0 N–H and O–H groups in total. The molecule has 0 amide bonds. The molecule has 1 aliphatic rings. The van der Waals surface area contributed by atoms with Gasteiger partial charge in [-0.3, -0.25) is 15.0 Å². The van der Waals surface area contributed by atoms with Crippen LogP contribution in [0, 0.1) is 10.1 Å². The second-order valence-corrected chi connectivity index (χ2v) is 15.4. The lowest BCUT2D eigenvalue weighted by Gasteiger charge is -2.57. The van der Waals surface area contributed by atoms with Gasteiger partial charge in [-0.25, -0.2) is 8.42 Å². The Morgan fingerprint density at radius 3 is 1.79 bits per heavy atom. The minimum absolute atomic E-state index is 0.0276. The Labute approximate surface area is 314 Å². The van der Waals surface area contributed by atoms with Crippen LogP contribution in [0.25, 0.3) is 0 Å². The number of sulfonamides is 1. The average Bonchev–Trinajstić information content (AvgIpc) is 3.17. The van der Waals surface area contributed by atoms with E-state index in [1.165, 1.54) is 34.6 Å². The van der Waals surface area contributed by atoms with E-state index in [4.69, 9.17) is 4.74 Å². The van der Waals surface area contributed by atoms with Crippen LogP contribution in [-0.4, -0.2) is 60.9 Å². The van der Waals surface area contributed by atoms with E-state index in [2.05, 4.69) is 70.4 Å². The Bertz CT molecular complexity index is 2000. The molecular weight excluding hydrogens is 738 g/mol. The first-order valence-corrected chi connectivity index (χ1v) is 19.2. The largest absolute Gasteiger partial charge is 0.359 e. The Balaban J connectivity index is 1.43. The predicted molar refractivity (Wildman–Crippen MR) is 209 cm³/mol. The van der Waals surface area contributed by atoms with Gasteiger partial charge in [-0.15, -0.1) is 13.2 Å². The SMILES string of the molecule is C=CCN1[C@H](COC(c2ccccc2)(c2ccccc2)c2ccccc2)[C@@H](c2ccc(Br)cc2)[C@@H]1CN(CC=C)S(=O)(=O)c1ccccc1[N+](=O)[O-]. The van der Waals surface area contributed by atoms with Gasteiger partial charge in [-0.1, -0.05) is 143 Å². The summed E-state index contributed by atoms with van der Waals surface area (Å²) >= 11 is 3.57. The highest BCUT2D eigenvalue weighted by Crippen LogP contribution is 2.46. The highest BCUT2D eigenvalue weighted by Gasteiger charge is 2.51. The number of nitro groups is 1. The van der Waals surface area contributed by atoms with Crippen LogP contribution in [0.3, 0.4) is 0 Å². The minimum Gasteiger partial charge on any atom is -0.359 e. The molecule has 3 atom stereocenters. The van der Waals surface area contributed by atoms with Crippen LogP contribution < -0.4 is 0 Å². The van der Waals surface area contributed by atoms with Crippen molar-refractivity contribution >= 4 is 31.6 Å². The van der Waals surface area contributed by atoms with Crippen molar-refractivity contribution in [2.24, 2.45) is 0 Å². The van der Waals surface area contributed by atoms with Crippen molar-refractivity contribution in [2.45, 2.75) is 28.5 Å². The van der Waals surface area contributed by atoms with E-state index in [-0.39, 0.29) is 36.0 Å². The molecular formula is C42H40BrN3O5S. The monoisotopic (exact) mass is 777 g/mol. The fourth-order valence-electron chi connectivity index (χ4n) is 7.35. The molecule has 6 rings (SSSR count). The molecule has 0 bridgehead atoms. The van der Waals surface area contributed by atoms with Crippen LogP contribution in [0.15, 0.2) is 174 Å². The third-order valence-corrected chi connectivity index (χ3v) is 12.1. The van der Waals surface area contributed by atoms with Gasteiger partial charge in [-0.2, -0.15) is 4.31 Å². The summed E-state index contributed by atoms with van der Waals surface area (Å²) < 4.78 is 37.9. The molecule has 0 aliphatic carbocycles. The first-order valence-electron chi connectivity index (χ1n) is 17.0. The van der Waals surface area contributed by atoms with Gasteiger partial charge in [0.2, 0.25) is 10.0 Å². The third kappa shape index (κ3) is 7.30. The smallest absolute Gasteiger partial charge is 0.289 e. The summed E-state index contributed by atoms with van der Waals surface area (Å²) in [6.07, 6.45) is 3.32. The standard InChI is InChI=1S/C42H40BrN3O5S/c1-3-28-44(52(49,50)40-23-15-14-22-37(40)46(47)48)30-38-41(32-24-26-36(43)27-25-32)39(45(38)29-4-2)31-51-42(33-16-8-5-9-17-33,34-18-10-6-11-19-34)35-20-12-7-13-21-35/h3-27,38-39,41H,1-2,28-31H2/t38-,39+,41-/m0/s1. The Hall–Kier alpha value is -4.71. The van der Waals surface area contributed by atoms with Crippen molar-refractivity contribution in [3.63, 3.8) is 0 Å². The number of rotatable bonds is 16. The molecule has 8 nitrogen and oxygen atoms in total. The molecule has 1 heterocycles. The molecule has 1 saturated heterocycles. The van der Waals surface area contributed by atoms with E-state index in [9.17, 15) is 18.5 Å². The second kappa shape index (κ2) is 16.3. The number of likely N-dealkylation sites (tertiary alicyclic amines) is 1. The zero-order chi connectivity index (χ0) is 36.7. The van der Waals surface area contributed by atoms with Crippen molar-refractivity contribution in [1.82, 2.24) is 9.21 Å². The van der Waals surface area contributed by atoms with E-state index in [0.717, 1.165) is 26.7 Å². The van der Waals surface area contributed by atoms with Gasteiger partial charge in [0, 0.05) is 48.2 Å². The Morgan fingerprint density at radius 2 is 1.29 bits per heavy atom. The third-order valence-electron chi connectivity index (χ3n) is 9.69. The summed E-state index contributed by atoms with van der Waals surface area (Å²) in [4.78, 5) is 13.1. The van der Waals surface area contributed by atoms with E-state index in [0.29, 0.717) is 13.2 Å². The summed E-state index contributed by atoms with van der Waals surface area (Å²) in [5.41, 5.74) is 2.53. The first kappa shape index (κ1) is 37.1. The summed E-state index contributed by atoms with van der Waals surface area (Å²) in [5.74, 6) is -0.165. The Morgan fingerprint density at radius 1 is 0.769 bits per heavy atom. The van der Waals surface area contributed by atoms with E-state index in [1.54, 1.807) is 0 Å². The fourth-order valence-corrected chi connectivity index (χ4v) is 9.20. The van der Waals surface area contributed by atoms with Crippen molar-refractivity contribution in [3.8, 4) is 0 Å². The van der Waals surface area contributed by atoms with Gasteiger partial charge in [0.15, 0.2) is 4.90 Å². The quantitative estimate of drug-likeness (QED) is 0.0432. The molecule has 0 radical (unpaired) electrons. The maximum absolute atomic E-state index is 14.2. The first-order chi connectivity index (χ1) is 25.2. The maximum Gasteiger partial charge on any atom is 0.289 e. The zero-order valence-electron chi connectivity index (χ0n) is 28.6. The molecule has 5 aromatic carbocycles. The van der Waals surface area contributed by atoms with Crippen LogP contribution >= 0.6 is 15.9 Å². The lowest BCUT2D eigenvalue weighted by Crippen LogP contribution is -2.67. The number of nitrogens with zero attached hydrogens (tertiary/aromatic N) is 3. The van der Waals surface area contributed by atoms with Gasteiger partial charge >= 0.3 is 0 Å². The van der Waals surface area contributed by atoms with Gasteiger partial charge in [-0.05, 0) is 40.5 Å². The molecule has 0 unspecified atom stereocenters. The zero-order valence-corrected chi connectivity index (χ0v) is 31.0. The fraction of sp³-hybridized carbons (Fsp3) is 0.190. The number of nitro benzene ring substituents is 1. The molecule has 1 aliphatic heterocycles. The second-order valence-electron chi connectivity index (χ2n) is 12.6. The van der Waals surface area contributed by atoms with Crippen molar-refractivity contribution in [2.75, 3.05) is 26.2 Å². The van der Waals surface area contributed by atoms with Gasteiger partial charge < -0.3 is 4.74 Å². The van der Waals surface area contributed by atoms with Crippen LogP contribution in [0.4, 0.5) is 5.69 Å². The number of benzene rings is 5. The van der Waals surface area contributed by atoms with E-state index in [1.807, 2.05) is 84.9 Å². The van der Waals surface area contributed by atoms with E-state index < -0.39 is 26.2 Å². The highest BCUT2D eigenvalue weighted by molar-refractivity contribution is 9.10. The molecule has 0 saturated carbocycles. The van der Waals surface area contributed by atoms with E-state index >= 15 is 0 Å². The number of hydrogen-bond donors (Lipinski definition) is 0. The van der Waals surface area contributed by atoms with Crippen LogP contribution in [0.5, 0.6) is 0 Å². The normalized spacial score (nSPS) is 17.7. The summed E-state index contributed by atoms with van der Waals surface area (Å²) in [6, 6.07) is 43.5. The highest BCUT2D eigenvalue weighted by atomic mass is 79.9. The summed E-state index contributed by atoms with van der Waals surface area (Å²) in [7, 11) is -4.29. The lowest BCUT2D eigenvalue weighted by molar-refractivity contribution is -0.387. The minimum atomic E-state index is -4.29. The molecule has 0 aromatic heterocycles. The van der Waals surface area contributed by atoms with Gasteiger partial charge in [0.25, 0.3) is 5.69 Å². The van der Waals surface area contributed by atoms with Crippen LogP contribution in [0.2, 0.25) is 0 Å². The van der Waals surface area contributed by atoms with Gasteiger partial charge in [0.1, 0.15) is 5.60 Å². The molecule has 10 heteroatoms. The van der Waals surface area contributed by atoms with Crippen molar-refractivity contribution in [3.05, 3.63) is 202 Å². The number of ether oxygens (including phenoxy) is 1. The average molecular weight is 779 g/mol. The molecule has 1 fully saturated rings. The molecule has 266 valence electrons. The molecule has 5 aromatic rings. The predicted octanol–water partition coefficient (Wildman–Crippen LogP) is 8.57. The van der Waals surface area contributed by atoms with Crippen LogP contribution in [0.1, 0.15) is 28.2 Å². The Kier molecular flexibility index (Phi) is 11.6. The van der Waals surface area contributed by atoms with Crippen molar-refractivity contribution < 1.29 is 18.1 Å². The molecule has 0 spiro atoms. The van der Waals surface area contributed by atoms with Crippen LogP contribution in [-0.2, 0) is 20.4 Å². The summed E-state index contributed by atoms with van der Waals surface area (Å²) in [6.45, 7) is 8.66. The van der Waals surface area contributed by atoms with Gasteiger partial charge in [0.05, 0.1) is 11.5 Å². The van der Waals surface area contributed by atoms with Crippen molar-refractivity contribution in [1.29, 1.82) is 0 Å². The lowest BCUT2D eigenvalue weighted by atomic mass is 9.74. The topological polar surface area (TPSA) is 93.0 Å². The summed E-state index contributed by atoms with van der Waals surface area (Å²) in [5, 5.41) is 11.9. The number of para-hydroxylation sites is 1. The number of halogens is 1.